The Morgan fingerprint density at radius 2 is 1.91 bits per heavy atom. The molecule has 1 aromatic carbocycles. The van der Waals surface area contributed by atoms with Crippen molar-refractivity contribution in [1.82, 2.24) is 14.5 Å². The average molecular weight is 441 g/mol. The molecule has 23 heavy (non-hydrogen) atoms. The summed E-state index contributed by atoms with van der Waals surface area (Å²) >= 11 is 7.19. The van der Waals surface area contributed by atoms with Gasteiger partial charge in [-0.05, 0) is 41.9 Å². The summed E-state index contributed by atoms with van der Waals surface area (Å²) in [4.78, 5) is 18.9. The van der Waals surface area contributed by atoms with Crippen LogP contribution in [0.25, 0.3) is 11.3 Å². The quantitative estimate of drug-likeness (QED) is 0.686. The van der Waals surface area contributed by atoms with Crippen molar-refractivity contribution >= 4 is 37.8 Å². The first-order chi connectivity index (χ1) is 10.8. The van der Waals surface area contributed by atoms with E-state index in [1.54, 1.807) is 0 Å². The Bertz CT molecular complexity index is 750. The van der Waals surface area contributed by atoms with E-state index in [1.807, 2.05) is 36.1 Å². The zero-order valence-corrected chi connectivity index (χ0v) is 16.6. The number of fused-ring (bicyclic) bond motifs is 1. The highest BCUT2D eigenvalue weighted by atomic mass is 79.9. The van der Waals surface area contributed by atoms with Gasteiger partial charge in [-0.1, -0.05) is 35.0 Å². The van der Waals surface area contributed by atoms with Crippen molar-refractivity contribution in [1.29, 1.82) is 0 Å². The third-order valence-corrected chi connectivity index (χ3v) is 5.44. The molecule has 1 aliphatic heterocycles. The van der Waals surface area contributed by atoms with Crippen molar-refractivity contribution in [3.63, 3.8) is 0 Å². The number of hydrogen-bond donors (Lipinski definition) is 0. The smallest absolute Gasteiger partial charge is 0.222 e. The Morgan fingerprint density at radius 1 is 1.26 bits per heavy atom. The van der Waals surface area contributed by atoms with Gasteiger partial charge >= 0.3 is 0 Å². The number of carbonyl (C=O) groups is 1. The number of imidazole rings is 1. The van der Waals surface area contributed by atoms with Gasteiger partial charge in [0, 0.05) is 23.0 Å². The second kappa shape index (κ2) is 6.06. The van der Waals surface area contributed by atoms with Crippen molar-refractivity contribution in [2.45, 2.75) is 39.3 Å². The van der Waals surface area contributed by atoms with Crippen LogP contribution in [0.2, 0.25) is 0 Å². The van der Waals surface area contributed by atoms with Crippen LogP contribution in [-0.4, -0.2) is 26.9 Å². The lowest BCUT2D eigenvalue weighted by atomic mass is 10.0. The molecule has 1 aliphatic rings. The van der Waals surface area contributed by atoms with Crippen LogP contribution in [-0.2, 0) is 16.9 Å². The Morgan fingerprint density at radius 3 is 2.52 bits per heavy atom. The van der Waals surface area contributed by atoms with E-state index >= 15 is 0 Å². The molecular formula is C17H19Br2N3O. The molecule has 0 bridgehead atoms. The Hall–Kier alpha value is -1.14. The van der Waals surface area contributed by atoms with E-state index in [9.17, 15) is 4.79 Å². The van der Waals surface area contributed by atoms with Gasteiger partial charge in [-0.25, -0.2) is 4.98 Å². The van der Waals surface area contributed by atoms with Crippen LogP contribution in [0.1, 0.15) is 33.0 Å². The third-order valence-electron chi connectivity index (χ3n) is 4.18. The molecule has 0 fully saturated rings. The van der Waals surface area contributed by atoms with E-state index in [-0.39, 0.29) is 11.4 Å². The SMILES string of the molecule is CCC(=O)N1Cc2nc(-c3ccc(Br)cc3)c(Br)n2C(C)(C)C1. The summed E-state index contributed by atoms with van der Waals surface area (Å²) in [5.41, 5.74) is 1.79. The molecule has 122 valence electrons. The molecule has 1 aromatic heterocycles. The second-order valence-electron chi connectivity index (χ2n) is 6.43. The molecule has 6 heteroatoms. The summed E-state index contributed by atoms with van der Waals surface area (Å²) in [5, 5.41) is 0. The van der Waals surface area contributed by atoms with Crippen LogP contribution in [0.4, 0.5) is 0 Å². The van der Waals surface area contributed by atoms with E-state index in [2.05, 4.69) is 50.3 Å². The highest BCUT2D eigenvalue weighted by Gasteiger charge is 2.36. The fourth-order valence-electron chi connectivity index (χ4n) is 3.12. The fraction of sp³-hybridized carbons (Fsp3) is 0.412. The van der Waals surface area contributed by atoms with Crippen molar-refractivity contribution in [2.75, 3.05) is 6.54 Å². The van der Waals surface area contributed by atoms with Crippen molar-refractivity contribution in [3.05, 3.63) is 39.2 Å². The zero-order chi connectivity index (χ0) is 16.8. The largest absolute Gasteiger partial charge is 0.333 e. The van der Waals surface area contributed by atoms with Crippen LogP contribution < -0.4 is 0 Å². The molecule has 0 N–H and O–H groups in total. The van der Waals surface area contributed by atoms with Crippen LogP contribution in [0.15, 0.2) is 33.3 Å². The van der Waals surface area contributed by atoms with Gasteiger partial charge in [0.2, 0.25) is 5.91 Å². The molecule has 0 saturated heterocycles. The number of aromatic nitrogens is 2. The number of hydrogen-bond acceptors (Lipinski definition) is 2. The summed E-state index contributed by atoms with van der Waals surface area (Å²) in [7, 11) is 0. The molecule has 0 radical (unpaired) electrons. The maximum Gasteiger partial charge on any atom is 0.222 e. The predicted octanol–water partition coefficient (Wildman–Crippen LogP) is 4.56. The van der Waals surface area contributed by atoms with Gasteiger partial charge < -0.3 is 9.47 Å². The lowest BCUT2D eigenvalue weighted by molar-refractivity contribution is -0.134. The minimum atomic E-state index is -0.197. The molecule has 2 aromatic rings. The van der Waals surface area contributed by atoms with Crippen LogP contribution in [0, 0.1) is 0 Å². The van der Waals surface area contributed by atoms with E-state index in [0.717, 1.165) is 26.2 Å². The minimum absolute atomic E-state index is 0.175. The maximum atomic E-state index is 12.1. The molecule has 2 heterocycles. The summed E-state index contributed by atoms with van der Waals surface area (Å²) in [6, 6.07) is 8.12. The molecule has 0 aliphatic carbocycles. The van der Waals surface area contributed by atoms with E-state index in [1.165, 1.54) is 0 Å². The Labute approximate surface area is 153 Å². The number of nitrogens with zero attached hydrogens (tertiary/aromatic N) is 3. The predicted molar refractivity (Wildman–Crippen MR) is 98.1 cm³/mol. The van der Waals surface area contributed by atoms with Crippen molar-refractivity contribution in [2.24, 2.45) is 0 Å². The number of carbonyl (C=O) groups excluding carboxylic acids is 1. The first-order valence-corrected chi connectivity index (χ1v) is 9.23. The van der Waals surface area contributed by atoms with Crippen LogP contribution in [0.3, 0.4) is 0 Å². The summed E-state index contributed by atoms with van der Waals surface area (Å²) in [6.45, 7) is 7.44. The number of rotatable bonds is 2. The average Bonchev–Trinajstić information content (AvgIpc) is 2.84. The van der Waals surface area contributed by atoms with Crippen LogP contribution in [0.5, 0.6) is 0 Å². The van der Waals surface area contributed by atoms with Crippen LogP contribution >= 0.6 is 31.9 Å². The normalized spacial score (nSPS) is 16.3. The van der Waals surface area contributed by atoms with E-state index < -0.39 is 0 Å². The molecule has 0 unspecified atom stereocenters. The monoisotopic (exact) mass is 439 g/mol. The number of benzene rings is 1. The van der Waals surface area contributed by atoms with E-state index in [4.69, 9.17) is 4.98 Å². The summed E-state index contributed by atoms with van der Waals surface area (Å²) in [5.74, 6) is 1.10. The molecule has 1 amide bonds. The Kier molecular flexibility index (Phi) is 4.40. The molecule has 0 atom stereocenters. The highest BCUT2D eigenvalue weighted by molar-refractivity contribution is 9.10. The lowest BCUT2D eigenvalue weighted by Gasteiger charge is -2.40. The molecule has 4 nitrogen and oxygen atoms in total. The first-order valence-electron chi connectivity index (χ1n) is 7.65. The van der Waals surface area contributed by atoms with E-state index in [0.29, 0.717) is 19.5 Å². The number of amides is 1. The molecule has 0 saturated carbocycles. The number of halogens is 2. The van der Waals surface area contributed by atoms with Gasteiger partial charge in [0.1, 0.15) is 16.1 Å². The fourth-order valence-corrected chi connectivity index (χ4v) is 4.39. The first kappa shape index (κ1) is 16.7. The van der Waals surface area contributed by atoms with Gasteiger partial charge in [-0.15, -0.1) is 0 Å². The van der Waals surface area contributed by atoms with Crippen molar-refractivity contribution < 1.29 is 4.79 Å². The third kappa shape index (κ3) is 2.98. The van der Waals surface area contributed by atoms with Gasteiger partial charge in [-0.3, -0.25) is 4.79 Å². The Balaban J connectivity index is 2.07. The molecular weight excluding hydrogens is 422 g/mol. The minimum Gasteiger partial charge on any atom is -0.333 e. The van der Waals surface area contributed by atoms with Gasteiger partial charge in [0.15, 0.2) is 0 Å². The second-order valence-corrected chi connectivity index (χ2v) is 8.09. The van der Waals surface area contributed by atoms with Crippen molar-refractivity contribution in [3.8, 4) is 11.3 Å². The summed E-state index contributed by atoms with van der Waals surface area (Å²) in [6.07, 6.45) is 0.525. The molecule has 3 rings (SSSR count). The summed E-state index contributed by atoms with van der Waals surface area (Å²) < 4.78 is 4.23. The van der Waals surface area contributed by atoms with Gasteiger partial charge in [-0.2, -0.15) is 0 Å². The standard InChI is InChI=1S/C17H19Br2N3O/c1-4-14(23)21-9-13-20-15(11-5-7-12(18)8-6-11)16(19)22(13)17(2,3)10-21/h5-8H,4,9-10H2,1-3H3. The molecule has 0 spiro atoms. The van der Waals surface area contributed by atoms with Gasteiger partial charge in [0.25, 0.3) is 0 Å². The highest BCUT2D eigenvalue weighted by Crippen LogP contribution is 2.37. The van der Waals surface area contributed by atoms with Gasteiger partial charge in [0.05, 0.1) is 12.1 Å². The lowest BCUT2D eigenvalue weighted by Crippen LogP contribution is -2.49. The maximum absolute atomic E-state index is 12.1. The zero-order valence-electron chi connectivity index (χ0n) is 13.4. The topological polar surface area (TPSA) is 38.1 Å².